The van der Waals surface area contributed by atoms with E-state index in [1.807, 2.05) is 0 Å². The number of benzene rings is 4. The number of hydrogen-bond donors (Lipinski definition) is 2. The molecule has 0 saturated heterocycles. The molecule has 4 aromatic carbocycles. The van der Waals surface area contributed by atoms with Gasteiger partial charge in [0.2, 0.25) is 5.85 Å². The van der Waals surface area contributed by atoms with Crippen LogP contribution in [0.3, 0.4) is 0 Å². The van der Waals surface area contributed by atoms with Crippen LogP contribution in [0.15, 0.2) is 97.1 Å². The number of carbonyl (C=O) groups excluding carboxylic acids is 1. The van der Waals surface area contributed by atoms with Crippen LogP contribution in [0.4, 0.5) is 22.0 Å². The van der Waals surface area contributed by atoms with Gasteiger partial charge in [0.25, 0.3) is 5.91 Å². The number of alkyl halides is 4. The summed E-state index contributed by atoms with van der Waals surface area (Å²) in [4.78, 5) is 13.7. The normalized spacial score (nSPS) is 13.2. The Morgan fingerprint density at radius 1 is 0.780 bits per heavy atom. The second-order valence-corrected chi connectivity index (χ2v) is 9.75. The Morgan fingerprint density at radius 3 is 1.93 bits per heavy atom. The summed E-state index contributed by atoms with van der Waals surface area (Å²) in [6.45, 7) is 2.40. The molecule has 0 saturated carbocycles. The van der Waals surface area contributed by atoms with Crippen LogP contribution in [-0.2, 0) is 12.0 Å². The third-order valence-corrected chi connectivity index (χ3v) is 6.09. The molecule has 0 bridgehead atoms. The number of phenols is 1. The zero-order valence-electron chi connectivity index (χ0n) is 22.0. The lowest BCUT2D eigenvalue weighted by Gasteiger charge is -2.37. The standard InChI is InChI=1S/C31H26F5NO4/c1-29(2,33)40-24-12-6-10-21(16-24)30(19-20-8-4-3-5-9-20,22-11-7-13-25(17-22)41-31(34,35)36)37-28(39)26-18-23(32)14-15-27(26)38/h3-18,38H,19H2,1-2H3,(H,37,39). The summed E-state index contributed by atoms with van der Waals surface area (Å²) in [5, 5.41) is 13.2. The summed E-state index contributed by atoms with van der Waals surface area (Å²) in [5.41, 5.74) is -0.930. The molecular formula is C31H26F5NO4. The molecule has 0 fully saturated rings. The first-order valence-corrected chi connectivity index (χ1v) is 12.4. The Labute approximate surface area is 233 Å². The van der Waals surface area contributed by atoms with E-state index >= 15 is 0 Å². The smallest absolute Gasteiger partial charge is 0.507 e. The molecule has 10 heteroatoms. The molecule has 0 heterocycles. The summed E-state index contributed by atoms with van der Waals surface area (Å²) in [6, 6.07) is 22.7. The maximum Gasteiger partial charge on any atom is 0.573 e. The van der Waals surface area contributed by atoms with Gasteiger partial charge in [-0.2, -0.15) is 4.39 Å². The van der Waals surface area contributed by atoms with E-state index < -0.39 is 46.5 Å². The van der Waals surface area contributed by atoms with Crippen molar-refractivity contribution >= 4 is 5.91 Å². The monoisotopic (exact) mass is 571 g/mol. The van der Waals surface area contributed by atoms with Crippen molar-refractivity contribution < 1.29 is 41.3 Å². The molecular weight excluding hydrogens is 545 g/mol. The highest BCUT2D eigenvalue weighted by atomic mass is 19.4. The maximum absolute atomic E-state index is 14.4. The Hall–Kier alpha value is -4.60. The van der Waals surface area contributed by atoms with E-state index in [9.17, 15) is 31.9 Å². The zero-order valence-corrected chi connectivity index (χ0v) is 22.0. The highest BCUT2D eigenvalue weighted by Gasteiger charge is 2.39. The van der Waals surface area contributed by atoms with Gasteiger partial charge in [0.1, 0.15) is 23.1 Å². The van der Waals surface area contributed by atoms with E-state index in [4.69, 9.17) is 4.74 Å². The summed E-state index contributed by atoms with van der Waals surface area (Å²) in [6.07, 6.45) is -5.01. The Bertz CT molecular complexity index is 1460. The molecule has 2 N–H and O–H groups in total. The first kappa shape index (κ1) is 29.4. The minimum atomic E-state index is -4.99. The predicted molar refractivity (Wildman–Crippen MR) is 142 cm³/mol. The van der Waals surface area contributed by atoms with Crippen molar-refractivity contribution in [2.45, 2.75) is 38.0 Å². The number of carbonyl (C=O) groups is 1. The number of ether oxygens (including phenoxy) is 2. The molecule has 0 spiro atoms. The summed E-state index contributed by atoms with van der Waals surface area (Å²) >= 11 is 0. The van der Waals surface area contributed by atoms with Gasteiger partial charge in [-0.15, -0.1) is 13.2 Å². The molecule has 0 aliphatic heterocycles. The van der Waals surface area contributed by atoms with Gasteiger partial charge in [-0.3, -0.25) is 4.79 Å². The van der Waals surface area contributed by atoms with E-state index in [0.717, 1.165) is 30.3 Å². The average molecular weight is 572 g/mol. The molecule has 4 aromatic rings. The molecule has 0 radical (unpaired) electrons. The number of amides is 1. The fraction of sp³-hybridized carbons (Fsp3) is 0.194. The van der Waals surface area contributed by atoms with E-state index in [-0.39, 0.29) is 17.7 Å². The Kier molecular flexibility index (Phi) is 8.23. The first-order valence-electron chi connectivity index (χ1n) is 12.4. The second-order valence-electron chi connectivity index (χ2n) is 9.75. The number of nitrogens with one attached hydrogen (secondary N) is 1. The highest BCUT2D eigenvalue weighted by Crippen LogP contribution is 2.39. The fourth-order valence-corrected chi connectivity index (χ4v) is 4.48. The van der Waals surface area contributed by atoms with Crippen molar-refractivity contribution in [1.29, 1.82) is 0 Å². The van der Waals surface area contributed by atoms with Crippen LogP contribution in [0.25, 0.3) is 0 Å². The van der Waals surface area contributed by atoms with Gasteiger partial charge in [-0.25, -0.2) is 4.39 Å². The molecule has 1 unspecified atom stereocenters. The molecule has 0 aromatic heterocycles. The summed E-state index contributed by atoms with van der Waals surface area (Å²) in [5.74, 6) is -4.76. The molecule has 41 heavy (non-hydrogen) atoms. The largest absolute Gasteiger partial charge is 0.573 e. The van der Waals surface area contributed by atoms with Gasteiger partial charge in [-0.1, -0.05) is 54.6 Å². The fourth-order valence-electron chi connectivity index (χ4n) is 4.48. The quantitative estimate of drug-likeness (QED) is 0.205. The SMILES string of the molecule is CC(C)(F)Oc1cccc(C(Cc2ccccc2)(NC(=O)c2cc(F)ccc2O)c2cccc(OC(F)(F)F)c2)c1. The van der Waals surface area contributed by atoms with Crippen LogP contribution in [0, 0.1) is 5.82 Å². The lowest BCUT2D eigenvalue weighted by atomic mass is 9.77. The van der Waals surface area contributed by atoms with Crippen molar-refractivity contribution in [3.05, 3.63) is 125 Å². The van der Waals surface area contributed by atoms with Gasteiger partial charge < -0.3 is 19.9 Å². The topological polar surface area (TPSA) is 67.8 Å². The van der Waals surface area contributed by atoms with Crippen molar-refractivity contribution in [3.8, 4) is 17.2 Å². The van der Waals surface area contributed by atoms with Crippen molar-refractivity contribution in [1.82, 2.24) is 5.32 Å². The van der Waals surface area contributed by atoms with Crippen molar-refractivity contribution in [2.75, 3.05) is 0 Å². The summed E-state index contributed by atoms with van der Waals surface area (Å²) < 4.78 is 77.5. The highest BCUT2D eigenvalue weighted by molar-refractivity contribution is 5.97. The molecule has 0 aliphatic carbocycles. The van der Waals surface area contributed by atoms with Gasteiger partial charge in [0.05, 0.1) is 11.1 Å². The number of halogens is 5. The third-order valence-electron chi connectivity index (χ3n) is 6.09. The number of phenolic OH excluding ortho intramolecular Hbond substituents is 1. The van der Waals surface area contributed by atoms with Gasteiger partial charge in [0, 0.05) is 20.3 Å². The minimum Gasteiger partial charge on any atom is -0.507 e. The van der Waals surface area contributed by atoms with Crippen LogP contribution in [0.1, 0.15) is 40.9 Å². The van der Waals surface area contributed by atoms with Gasteiger partial charge in [-0.05, 0) is 59.2 Å². The number of rotatable bonds is 9. The van der Waals surface area contributed by atoms with Crippen molar-refractivity contribution in [2.24, 2.45) is 0 Å². The number of hydrogen-bond acceptors (Lipinski definition) is 4. The first-order chi connectivity index (χ1) is 19.2. The molecule has 5 nitrogen and oxygen atoms in total. The van der Waals surface area contributed by atoms with Crippen LogP contribution < -0.4 is 14.8 Å². The van der Waals surface area contributed by atoms with Crippen LogP contribution >= 0.6 is 0 Å². The van der Waals surface area contributed by atoms with E-state index in [2.05, 4.69) is 10.1 Å². The molecule has 4 rings (SSSR count). The van der Waals surface area contributed by atoms with E-state index in [0.29, 0.717) is 11.1 Å². The molecule has 214 valence electrons. The van der Waals surface area contributed by atoms with E-state index in [1.54, 1.807) is 36.4 Å². The van der Waals surface area contributed by atoms with E-state index in [1.165, 1.54) is 44.2 Å². The van der Waals surface area contributed by atoms with Gasteiger partial charge >= 0.3 is 6.36 Å². The average Bonchev–Trinajstić information content (AvgIpc) is 2.88. The van der Waals surface area contributed by atoms with Crippen LogP contribution in [-0.4, -0.2) is 23.2 Å². The molecule has 1 atom stereocenters. The lowest BCUT2D eigenvalue weighted by molar-refractivity contribution is -0.274. The Morgan fingerprint density at radius 2 is 1.37 bits per heavy atom. The molecule has 0 aliphatic rings. The van der Waals surface area contributed by atoms with Crippen LogP contribution in [0.2, 0.25) is 0 Å². The Balaban J connectivity index is 1.97. The third kappa shape index (κ3) is 7.53. The zero-order chi connectivity index (χ0) is 29.8. The molecule has 1 amide bonds. The summed E-state index contributed by atoms with van der Waals surface area (Å²) in [7, 11) is 0. The minimum absolute atomic E-state index is 0.0202. The second kappa shape index (κ2) is 11.5. The lowest BCUT2D eigenvalue weighted by Crippen LogP contribution is -2.48. The van der Waals surface area contributed by atoms with Crippen molar-refractivity contribution in [3.63, 3.8) is 0 Å². The maximum atomic E-state index is 14.4. The predicted octanol–water partition coefficient (Wildman–Crippen LogP) is 7.43. The number of aromatic hydroxyl groups is 1. The van der Waals surface area contributed by atoms with Crippen LogP contribution in [0.5, 0.6) is 17.2 Å². The van der Waals surface area contributed by atoms with Gasteiger partial charge in [0.15, 0.2) is 0 Å².